The van der Waals surface area contributed by atoms with Crippen molar-refractivity contribution in [3.63, 3.8) is 0 Å². The van der Waals surface area contributed by atoms with Crippen LogP contribution in [0, 0.1) is 5.92 Å². The topological polar surface area (TPSA) is 84.9 Å². The van der Waals surface area contributed by atoms with E-state index < -0.39 is 15.6 Å². The number of carbonyl (C=O) groups excluding carboxylic acids is 1. The minimum atomic E-state index is -3.28. The Balaban J connectivity index is 1.79. The zero-order valence-electron chi connectivity index (χ0n) is 16.3. The lowest BCUT2D eigenvalue weighted by Gasteiger charge is -2.39. The number of hydrogen-bond acceptors (Lipinski definition) is 5. The quantitative estimate of drug-likeness (QED) is 0.842. The average Bonchev–Trinajstić information content (AvgIpc) is 2.60. The molecule has 1 aromatic rings. The number of nitrogens with one attached hydrogen (secondary N) is 1. The molecule has 150 valence electrons. The van der Waals surface area contributed by atoms with Crippen molar-refractivity contribution in [3.05, 3.63) is 23.8 Å². The number of hydrogen-bond donors (Lipinski definition) is 1. The number of benzene rings is 1. The third kappa shape index (κ3) is 4.55. The Morgan fingerprint density at radius 3 is 2.78 bits per heavy atom. The molecule has 0 aliphatic carbocycles. The molecule has 2 atom stereocenters. The summed E-state index contributed by atoms with van der Waals surface area (Å²) in [7, 11) is -1.68. The molecule has 0 aromatic heterocycles. The van der Waals surface area contributed by atoms with Gasteiger partial charge in [-0.15, -0.1) is 0 Å². The van der Waals surface area contributed by atoms with Gasteiger partial charge in [-0.3, -0.25) is 4.79 Å². The molecule has 1 aromatic carbocycles. The van der Waals surface area contributed by atoms with Crippen LogP contribution in [0.3, 0.4) is 0 Å². The normalized spacial score (nSPS) is 25.2. The van der Waals surface area contributed by atoms with Crippen LogP contribution in [0.25, 0.3) is 0 Å². The highest BCUT2D eigenvalue weighted by Gasteiger charge is 2.37. The molecule has 1 fully saturated rings. The Bertz CT molecular complexity index is 821. The average molecular weight is 397 g/mol. The molecule has 2 heterocycles. The first-order chi connectivity index (χ1) is 12.6. The van der Waals surface area contributed by atoms with Crippen LogP contribution < -0.4 is 14.8 Å². The lowest BCUT2D eigenvalue weighted by Crippen LogP contribution is -2.47. The van der Waals surface area contributed by atoms with Gasteiger partial charge >= 0.3 is 0 Å². The summed E-state index contributed by atoms with van der Waals surface area (Å²) >= 11 is 0. The first-order valence-electron chi connectivity index (χ1n) is 9.21. The van der Waals surface area contributed by atoms with Crippen molar-refractivity contribution in [1.29, 1.82) is 0 Å². The first kappa shape index (κ1) is 19.9. The lowest BCUT2D eigenvalue weighted by atomic mass is 9.88. The highest BCUT2D eigenvalue weighted by molar-refractivity contribution is 7.88. The van der Waals surface area contributed by atoms with Crippen molar-refractivity contribution < 1.29 is 22.7 Å². The van der Waals surface area contributed by atoms with E-state index in [0.717, 1.165) is 11.3 Å². The van der Waals surface area contributed by atoms with Gasteiger partial charge in [0.15, 0.2) is 0 Å². The van der Waals surface area contributed by atoms with Gasteiger partial charge in [0.1, 0.15) is 17.1 Å². The van der Waals surface area contributed by atoms with Gasteiger partial charge in [0.2, 0.25) is 15.9 Å². The van der Waals surface area contributed by atoms with Gasteiger partial charge in [-0.1, -0.05) is 0 Å². The fourth-order valence-corrected chi connectivity index (χ4v) is 4.75. The van der Waals surface area contributed by atoms with E-state index in [0.29, 0.717) is 31.6 Å². The minimum absolute atomic E-state index is 0.111. The van der Waals surface area contributed by atoms with E-state index in [4.69, 9.17) is 9.47 Å². The van der Waals surface area contributed by atoms with Crippen LogP contribution in [-0.4, -0.2) is 50.7 Å². The zero-order valence-corrected chi connectivity index (χ0v) is 17.1. The van der Waals surface area contributed by atoms with Crippen molar-refractivity contribution in [2.24, 2.45) is 5.92 Å². The van der Waals surface area contributed by atoms with E-state index in [1.807, 2.05) is 32.0 Å². The van der Waals surface area contributed by atoms with E-state index in [2.05, 4.69) is 5.32 Å². The summed E-state index contributed by atoms with van der Waals surface area (Å²) in [6.45, 7) is 4.70. The van der Waals surface area contributed by atoms with E-state index in [-0.39, 0.29) is 24.4 Å². The Labute approximate surface area is 161 Å². The molecule has 27 heavy (non-hydrogen) atoms. The van der Waals surface area contributed by atoms with E-state index in [9.17, 15) is 13.2 Å². The molecule has 0 saturated carbocycles. The minimum Gasteiger partial charge on any atom is -0.497 e. The van der Waals surface area contributed by atoms with Crippen molar-refractivity contribution in [2.45, 2.75) is 44.8 Å². The summed E-state index contributed by atoms with van der Waals surface area (Å²) in [4.78, 5) is 12.9. The maximum absolute atomic E-state index is 12.9. The van der Waals surface area contributed by atoms with Crippen LogP contribution in [0.15, 0.2) is 18.2 Å². The molecule has 0 spiro atoms. The fraction of sp³-hybridized carbons (Fsp3) is 0.632. The largest absolute Gasteiger partial charge is 0.497 e. The molecule has 2 aliphatic heterocycles. The number of piperidine rings is 1. The summed E-state index contributed by atoms with van der Waals surface area (Å²) in [5.41, 5.74) is 0.475. The van der Waals surface area contributed by atoms with Crippen LogP contribution >= 0.6 is 0 Å². The Hall–Kier alpha value is -1.80. The number of ether oxygens (including phenoxy) is 2. The number of methoxy groups -OCH3 is 1. The predicted molar refractivity (Wildman–Crippen MR) is 102 cm³/mol. The van der Waals surface area contributed by atoms with Gasteiger partial charge < -0.3 is 14.8 Å². The molecule has 0 bridgehead atoms. The van der Waals surface area contributed by atoms with Gasteiger partial charge in [0, 0.05) is 25.1 Å². The maximum atomic E-state index is 12.9. The second-order valence-corrected chi connectivity index (χ2v) is 9.97. The fourth-order valence-electron chi connectivity index (χ4n) is 3.84. The number of sulfonamides is 1. The third-order valence-electron chi connectivity index (χ3n) is 5.21. The predicted octanol–water partition coefficient (Wildman–Crippen LogP) is 2.09. The number of rotatable bonds is 4. The highest BCUT2D eigenvalue weighted by Crippen LogP contribution is 2.41. The van der Waals surface area contributed by atoms with E-state index in [1.165, 1.54) is 10.6 Å². The standard InChI is InChI=1S/C19H28N2O5S/c1-19(2)11-16(15-10-14(25-3)7-8-17(15)26-19)20-18(22)13-6-5-9-21(12-13)27(4,23)24/h7-8,10,13,16H,5-6,9,11-12H2,1-4H3,(H,20,22)/t13-,16-/m1/s1. The Morgan fingerprint density at radius 1 is 1.37 bits per heavy atom. The highest BCUT2D eigenvalue weighted by atomic mass is 32.2. The second-order valence-electron chi connectivity index (χ2n) is 7.99. The molecule has 8 heteroatoms. The van der Waals surface area contributed by atoms with Crippen molar-refractivity contribution in [1.82, 2.24) is 9.62 Å². The van der Waals surface area contributed by atoms with Crippen molar-refractivity contribution in [3.8, 4) is 11.5 Å². The van der Waals surface area contributed by atoms with Crippen LogP contribution in [-0.2, 0) is 14.8 Å². The second kappa shape index (κ2) is 7.31. The Morgan fingerprint density at radius 2 is 2.11 bits per heavy atom. The number of amides is 1. The molecular formula is C19H28N2O5S. The molecule has 3 rings (SSSR count). The molecular weight excluding hydrogens is 368 g/mol. The van der Waals surface area contributed by atoms with Gasteiger partial charge in [-0.2, -0.15) is 0 Å². The van der Waals surface area contributed by atoms with Crippen molar-refractivity contribution in [2.75, 3.05) is 26.5 Å². The third-order valence-corrected chi connectivity index (χ3v) is 6.48. The number of nitrogens with zero attached hydrogens (tertiary/aromatic N) is 1. The summed E-state index contributed by atoms with van der Waals surface area (Å²) in [5, 5.41) is 3.13. The summed E-state index contributed by atoms with van der Waals surface area (Å²) < 4.78 is 36.4. The van der Waals surface area contributed by atoms with Crippen LogP contribution in [0.1, 0.15) is 44.7 Å². The first-order valence-corrected chi connectivity index (χ1v) is 11.1. The van der Waals surface area contributed by atoms with Crippen LogP contribution in [0.4, 0.5) is 0 Å². The molecule has 0 radical (unpaired) electrons. The van der Waals surface area contributed by atoms with E-state index >= 15 is 0 Å². The molecule has 7 nitrogen and oxygen atoms in total. The summed E-state index contributed by atoms with van der Waals surface area (Å²) in [6.07, 6.45) is 3.20. The summed E-state index contributed by atoms with van der Waals surface area (Å²) in [6, 6.07) is 5.38. The van der Waals surface area contributed by atoms with Gasteiger partial charge in [-0.25, -0.2) is 12.7 Å². The smallest absolute Gasteiger partial charge is 0.224 e. The van der Waals surface area contributed by atoms with Crippen molar-refractivity contribution >= 4 is 15.9 Å². The zero-order chi connectivity index (χ0) is 19.8. The molecule has 2 aliphatic rings. The molecule has 1 amide bonds. The Kier molecular flexibility index (Phi) is 5.40. The number of carbonyl (C=O) groups is 1. The molecule has 1 N–H and O–H groups in total. The van der Waals surface area contributed by atoms with E-state index in [1.54, 1.807) is 7.11 Å². The monoisotopic (exact) mass is 396 g/mol. The van der Waals surface area contributed by atoms with Crippen LogP contribution in [0.5, 0.6) is 11.5 Å². The molecule has 0 unspecified atom stereocenters. The summed E-state index contributed by atoms with van der Waals surface area (Å²) in [5.74, 6) is 0.990. The van der Waals surface area contributed by atoms with Gasteiger partial charge in [0.25, 0.3) is 0 Å². The molecule has 1 saturated heterocycles. The number of fused-ring (bicyclic) bond motifs is 1. The van der Waals surface area contributed by atoms with Gasteiger partial charge in [-0.05, 0) is 44.9 Å². The lowest BCUT2D eigenvalue weighted by molar-refractivity contribution is -0.127. The van der Waals surface area contributed by atoms with Gasteiger partial charge in [0.05, 0.1) is 25.3 Å². The SMILES string of the molecule is COc1ccc2c(c1)[C@H](NC(=O)[C@@H]1CCCN(S(C)(=O)=O)C1)CC(C)(C)O2. The maximum Gasteiger partial charge on any atom is 0.224 e. The van der Waals surface area contributed by atoms with Crippen LogP contribution in [0.2, 0.25) is 0 Å².